The molecule has 2 fully saturated rings. The van der Waals surface area contributed by atoms with Crippen molar-refractivity contribution >= 4 is 5.91 Å². The number of nitrogens with one attached hydrogen (secondary N) is 1. The van der Waals surface area contributed by atoms with Gasteiger partial charge in [-0.05, 0) is 30.2 Å². The van der Waals surface area contributed by atoms with Gasteiger partial charge in [0.25, 0.3) is 0 Å². The molecule has 1 aromatic rings. The van der Waals surface area contributed by atoms with Crippen LogP contribution in [0.2, 0.25) is 0 Å². The van der Waals surface area contributed by atoms with Crippen LogP contribution in [-0.4, -0.2) is 43.2 Å². The molecular weight excluding hydrogens is 288 g/mol. The van der Waals surface area contributed by atoms with Crippen molar-refractivity contribution in [1.29, 1.82) is 0 Å². The molecular formula is C19H28N2O2. The van der Waals surface area contributed by atoms with Crippen molar-refractivity contribution in [3.63, 3.8) is 0 Å². The second kappa shape index (κ2) is 7.93. The fourth-order valence-corrected chi connectivity index (χ4v) is 3.65. The second-order valence-corrected chi connectivity index (χ2v) is 7.10. The summed E-state index contributed by atoms with van der Waals surface area (Å²) in [6, 6.07) is 10.8. The fraction of sp³-hybridized carbons (Fsp3) is 0.632. The lowest BCUT2D eigenvalue weighted by atomic mass is 10.0. The van der Waals surface area contributed by atoms with Crippen LogP contribution in [0.4, 0.5) is 0 Å². The van der Waals surface area contributed by atoms with E-state index in [9.17, 15) is 4.79 Å². The van der Waals surface area contributed by atoms with Crippen LogP contribution in [0.15, 0.2) is 30.3 Å². The van der Waals surface area contributed by atoms with Gasteiger partial charge >= 0.3 is 0 Å². The molecule has 0 saturated carbocycles. The van der Waals surface area contributed by atoms with Crippen molar-refractivity contribution in [3.8, 4) is 0 Å². The number of carbonyl (C=O) groups excluding carboxylic acids is 1. The van der Waals surface area contributed by atoms with Crippen LogP contribution < -0.4 is 5.32 Å². The van der Waals surface area contributed by atoms with Crippen LogP contribution in [0.3, 0.4) is 0 Å². The molecule has 2 heterocycles. The molecule has 2 aliphatic rings. The number of ether oxygens (including phenoxy) is 1. The molecule has 0 aromatic heterocycles. The van der Waals surface area contributed by atoms with E-state index in [1.54, 1.807) is 0 Å². The highest BCUT2D eigenvalue weighted by molar-refractivity contribution is 5.76. The topological polar surface area (TPSA) is 41.6 Å². The fourth-order valence-electron chi connectivity index (χ4n) is 3.65. The van der Waals surface area contributed by atoms with Gasteiger partial charge in [-0.1, -0.05) is 37.3 Å². The lowest BCUT2D eigenvalue weighted by molar-refractivity contribution is -0.122. The molecule has 1 aromatic carbocycles. The van der Waals surface area contributed by atoms with Crippen LogP contribution in [0.5, 0.6) is 0 Å². The number of rotatable bonds is 6. The average molecular weight is 316 g/mol. The average Bonchev–Trinajstić information content (AvgIpc) is 3.17. The number of hydrogen-bond donors (Lipinski definition) is 1. The highest BCUT2D eigenvalue weighted by Gasteiger charge is 2.30. The smallest absolute Gasteiger partial charge is 0.220 e. The number of nitrogens with zero attached hydrogens (tertiary/aromatic N) is 1. The summed E-state index contributed by atoms with van der Waals surface area (Å²) >= 11 is 0. The summed E-state index contributed by atoms with van der Waals surface area (Å²) in [7, 11) is 0. The third kappa shape index (κ3) is 4.79. The molecule has 0 spiro atoms. The van der Waals surface area contributed by atoms with Gasteiger partial charge in [0, 0.05) is 45.3 Å². The van der Waals surface area contributed by atoms with E-state index in [0.29, 0.717) is 18.3 Å². The zero-order valence-electron chi connectivity index (χ0n) is 14.0. The number of benzene rings is 1. The molecule has 1 N–H and O–H groups in total. The largest absolute Gasteiger partial charge is 0.381 e. The third-order valence-electron chi connectivity index (χ3n) is 5.09. The van der Waals surface area contributed by atoms with E-state index in [1.165, 1.54) is 5.56 Å². The van der Waals surface area contributed by atoms with Gasteiger partial charge in [-0.15, -0.1) is 0 Å². The van der Waals surface area contributed by atoms with E-state index in [-0.39, 0.29) is 11.9 Å². The molecule has 4 heteroatoms. The van der Waals surface area contributed by atoms with E-state index < -0.39 is 0 Å². The van der Waals surface area contributed by atoms with Gasteiger partial charge in [0.05, 0.1) is 0 Å². The molecule has 4 nitrogen and oxygen atoms in total. The van der Waals surface area contributed by atoms with Crippen LogP contribution >= 0.6 is 0 Å². The zero-order chi connectivity index (χ0) is 16.1. The summed E-state index contributed by atoms with van der Waals surface area (Å²) in [5.74, 6) is 1.30. The first kappa shape index (κ1) is 16.5. The summed E-state index contributed by atoms with van der Waals surface area (Å²) in [6.45, 7) is 6.90. The van der Waals surface area contributed by atoms with E-state index in [2.05, 4.69) is 47.5 Å². The summed E-state index contributed by atoms with van der Waals surface area (Å²) in [4.78, 5) is 14.6. The minimum Gasteiger partial charge on any atom is -0.381 e. The van der Waals surface area contributed by atoms with Gasteiger partial charge in [0.1, 0.15) is 0 Å². The van der Waals surface area contributed by atoms with E-state index >= 15 is 0 Å². The Morgan fingerprint density at radius 1 is 1.30 bits per heavy atom. The maximum absolute atomic E-state index is 12.2. The van der Waals surface area contributed by atoms with Crippen molar-refractivity contribution < 1.29 is 9.53 Å². The Bertz CT molecular complexity index is 499. The SMILES string of the molecule is C[C@@H]1CN(Cc2ccccc2)C[C@@H]1NC(=O)CC[C@H]1CCOC1. The molecule has 2 saturated heterocycles. The summed E-state index contributed by atoms with van der Waals surface area (Å²) in [6.07, 6.45) is 2.70. The van der Waals surface area contributed by atoms with Gasteiger partial charge in [-0.25, -0.2) is 0 Å². The molecule has 0 unspecified atom stereocenters. The Kier molecular flexibility index (Phi) is 5.68. The molecule has 1 amide bonds. The first-order valence-corrected chi connectivity index (χ1v) is 8.84. The van der Waals surface area contributed by atoms with E-state index in [0.717, 1.165) is 45.7 Å². The molecule has 23 heavy (non-hydrogen) atoms. The molecule has 3 atom stereocenters. The maximum Gasteiger partial charge on any atom is 0.220 e. The van der Waals surface area contributed by atoms with Gasteiger partial charge in [0.2, 0.25) is 5.91 Å². The van der Waals surface area contributed by atoms with Crippen LogP contribution in [-0.2, 0) is 16.1 Å². The van der Waals surface area contributed by atoms with Crippen LogP contribution in [0.25, 0.3) is 0 Å². The molecule has 0 bridgehead atoms. The van der Waals surface area contributed by atoms with Gasteiger partial charge in [-0.2, -0.15) is 0 Å². The van der Waals surface area contributed by atoms with E-state index in [4.69, 9.17) is 4.74 Å². The van der Waals surface area contributed by atoms with Gasteiger partial charge < -0.3 is 10.1 Å². The normalized spacial score (nSPS) is 28.1. The summed E-state index contributed by atoms with van der Waals surface area (Å²) in [5.41, 5.74) is 1.34. The minimum atomic E-state index is 0.204. The predicted molar refractivity (Wildman–Crippen MR) is 91.0 cm³/mol. The molecule has 3 rings (SSSR count). The Labute approximate surface area is 139 Å². The lowest BCUT2D eigenvalue weighted by Crippen LogP contribution is -2.39. The predicted octanol–water partition coefficient (Wildman–Crippen LogP) is 2.44. The number of amides is 1. The molecule has 0 aliphatic carbocycles. The Morgan fingerprint density at radius 3 is 2.87 bits per heavy atom. The highest BCUT2D eigenvalue weighted by atomic mass is 16.5. The standard InChI is InChI=1S/C19H28N2O2/c1-15-11-21(12-16-5-3-2-4-6-16)13-18(15)20-19(22)8-7-17-9-10-23-14-17/h2-6,15,17-18H,7-14H2,1H3,(H,20,22)/t15-,17+,18+/m1/s1. The summed E-state index contributed by atoms with van der Waals surface area (Å²) < 4.78 is 5.37. The van der Waals surface area contributed by atoms with Gasteiger partial charge in [0.15, 0.2) is 0 Å². The molecule has 126 valence electrons. The maximum atomic E-state index is 12.2. The van der Waals surface area contributed by atoms with Gasteiger partial charge in [-0.3, -0.25) is 9.69 Å². The monoisotopic (exact) mass is 316 g/mol. The Balaban J connectivity index is 1.42. The highest BCUT2D eigenvalue weighted by Crippen LogP contribution is 2.20. The minimum absolute atomic E-state index is 0.204. The lowest BCUT2D eigenvalue weighted by Gasteiger charge is -2.18. The van der Waals surface area contributed by atoms with Crippen molar-refractivity contribution in [2.24, 2.45) is 11.8 Å². The van der Waals surface area contributed by atoms with Crippen molar-refractivity contribution in [1.82, 2.24) is 10.2 Å². The first-order chi connectivity index (χ1) is 11.2. The van der Waals surface area contributed by atoms with Crippen molar-refractivity contribution in [2.45, 2.75) is 38.8 Å². The Hall–Kier alpha value is -1.39. The number of likely N-dealkylation sites (tertiary alicyclic amines) is 1. The quantitative estimate of drug-likeness (QED) is 0.876. The van der Waals surface area contributed by atoms with Crippen molar-refractivity contribution in [3.05, 3.63) is 35.9 Å². The number of hydrogen-bond acceptors (Lipinski definition) is 3. The first-order valence-electron chi connectivity index (χ1n) is 8.84. The Morgan fingerprint density at radius 2 is 2.13 bits per heavy atom. The van der Waals surface area contributed by atoms with Crippen LogP contribution in [0.1, 0.15) is 31.7 Å². The molecule has 0 radical (unpaired) electrons. The zero-order valence-corrected chi connectivity index (χ0v) is 14.0. The third-order valence-corrected chi connectivity index (χ3v) is 5.09. The van der Waals surface area contributed by atoms with Crippen LogP contribution in [0, 0.1) is 11.8 Å². The van der Waals surface area contributed by atoms with Crippen molar-refractivity contribution in [2.75, 3.05) is 26.3 Å². The number of carbonyl (C=O) groups is 1. The molecule has 2 aliphatic heterocycles. The van der Waals surface area contributed by atoms with E-state index in [1.807, 2.05) is 0 Å². The second-order valence-electron chi connectivity index (χ2n) is 7.10. The summed E-state index contributed by atoms with van der Waals surface area (Å²) in [5, 5.41) is 3.25.